The third kappa shape index (κ3) is 6.58. The molecular weight excluding hydrogens is 159 g/mol. The van der Waals surface area contributed by atoms with Gasteiger partial charge >= 0.3 is 0 Å². The first-order valence-corrected chi connectivity index (χ1v) is 5.92. The lowest BCUT2D eigenvalue weighted by Crippen LogP contribution is -2.02. The van der Waals surface area contributed by atoms with Crippen LogP contribution in [-0.2, 0) is 9.09 Å². The van der Waals surface area contributed by atoms with Gasteiger partial charge in [0.15, 0.2) is 8.03 Å². The summed E-state index contributed by atoms with van der Waals surface area (Å²) in [5, 5.41) is 0. The van der Waals surface area contributed by atoms with Crippen molar-refractivity contribution in [1.82, 2.24) is 0 Å². The van der Waals surface area contributed by atoms with Gasteiger partial charge in [-0.25, -0.2) is 0 Å². The number of hydrogen-bond acceptors (Lipinski definition) is 2. The minimum absolute atomic E-state index is 0.182. The Morgan fingerprint density at radius 3 is 2.55 bits per heavy atom. The summed E-state index contributed by atoms with van der Waals surface area (Å²) in [4.78, 5) is 0. The van der Waals surface area contributed by atoms with Gasteiger partial charge in [-0.2, -0.15) is 0 Å². The molecule has 0 bridgehead atoms. The van der Waals surface area contributed by atoms with Crippen LogP contribution in [0.4, 0.5) is 0 Å². The molecule has 0 fully saturated rings. The highest BCUT2D eigenvalue weighted by atomic mass is 31.1. The number of rotatable bonds is 6. The van der Waals surface area contributed by atoms with Crippen LogP contribution < -0.4 is 0 Å². The van der Waals surface area contributed by atoms with Gasteiger partial charge in [0, 0.05) is 6.16 Å². The Morgan fingerprint density at radius 1 is 1.45 bits per heavy atom. The van der Waals surface area contributed by atoms with Gasteiger partial charge in [-0.15, -0.1) is 0 Å². The van der Waals surface area contributed by atoms with Crippen molar-refractivity contribution in [3.8, 4) is 0 Å². The van der Waals surface area contributed by atoms with Crippen LogP contribution in [0, 0.1) is 0 Å². The van der Waals surface area contributed by atoms with E-state index in [2.05, 4.69) is 6.92 Å². The minimum Gasteiger partial charge on any atom is -0.327 e. The van der Waals surface area contributed by atoms with Gasteiger partial charge in [-0.1, -0.05) is 26.7 Å². The third-order valence-corrected chi connectivity index (χ3v) is 2.83. The Labute approximate surface area is 70.2 Å². The molecule has 0 radical (unpaired) electrons. The van der Waals surface area contributed by atoms with Crippen LogP contribution in [0.25, 0.3) is 0 Å². The molecule has 68 valence electrons. The van der Waals surface area contributed by atoms with Crippen molar-refractivity contribution in [3.63, 3.8) is 0 Å². The number of unbranched alkanes of at least 4 members (excludes halogenated alkanes) is 1. The molecule has 11 heavy (non-hydrogen) atoms. The monoisotopic (exact) mass is 178 g/mol. The van der Waals surface area contributed by atoms with E-state index in [0.717, 1.165) is 6.42 Å². The highest BCUT2D eigenvalue weighted by molar-refractivity contribution is 7.39. The molecule has 0 N–H and O–H groups in total. The Balaban J connectivity index is 3.35. The lowest BCUT2D eigenvalue weighted by atomic mass is 10.2. The van der Waals surface area contributed by atoms with E-state index in [-0.39, 0.29) is 6.10 Å². The Bertz CT molecular complexity index is 115. The van der Waals surface area contributed by atoms with E-state index in [1.165, 1.54) is 12.8 Å². The van der Waals surface area contributed by atoms with E-state index < -0.39 is 8.03 Å². The topological polar surface area (TPSA) is 26.3 Å². The van der Waals surface area contributed by atoms with Crippen LogP contribution in [0.5, 0.6) is 0 Å². The van der Waals surface area contributed by atoms with Gasteiger partial charge in [0.2, 0.25) is 0 Å². The lowest BCUT2D eigenvalue weighted by Gasteiger charge is -2.10. The fourth-order valence-electron chi connectivity index (χ4n) is 0.858. The largest absolute Gasteiger partial charge is 0.327 e. The molecule has 0 aromatic heterocycles. The van der Waals surface area contributed by atoms with Crippen molar-refractivity contribution in [2.45, 2.75) is 46.1 Å². The Morgan fingerprint density at radius 2 is 2.09 bits per heavy atom. The van der Waals surface area contributed by atoms with Crippen molar-refractivity contribution in [2.24, 2.45) is 0 Å². The fraction of sp³-hybridized carbons (Fsp3) is 1.00. The van der Waals surface area contributed by atoms with Crippen molar-refractivity contribution in [2.75, 3.05) is 6.16 Å². The van der Waals surface area contributed by atoms with Gasteiger partial charge in [-0.3, -0.25) is 4.57 Å². The SMILES string of the molecule is CCCCC(C)O[PH](=O)CC. The standard InChI is InChI=1S/C8H19O2P/c1-4-6-7-8(3)10-11(9)5-2/h8,11H,4-7H2,1-3H3. The zero-order valence-electron chi connectivity index (χ0n) is 7.72. The molecule has 0 amide bonds. The van der Waals surface area contributed by atoms with Gasteiger partial charge in [0.05, 0.1) is 6.10 Å². The second-order valence-electron chi connectivity index (χ2n) is 2.80. The van der Waals surface area contributed by atoms with Crippen molar-refractivity contribution in [3.05, 3.63) is 0 Å². The van der Waals surface area contributed by atoms with Gasteiger partial charge in [-0.05, 0) is 13.3 Å². The minimum atomic E-state index is -1.71. The summed E-state index contributed by atoms with van der Waals surface area (Å²) in [6.07, 6.45) is 4.23. The molecule has 0 aliphatic rings. The second kappa shape index (κ2) is 6.87. The Hall–Kier alpha value is 0.190. The molecule has 0 aromatic carbocycles. The maximum absolute atomic E-state index is 10.9. The molecule has 0 saturated carbocycles. The molecule has 0 spiro atoms. The van der Waals surface area contributed by atoms with E-state index >= 15 is 0 Å². The van der Waals surface area contributed by atoms with E-state index in [0.29, 0.717) is 6.16 Å². The van der Waals surface area contributed by atoms with Crippen LogP contribution in [0.15, 0.2) is 0 Å². The average Bonchev–Trinajstić information content (AvgIpc) is 2.00. The van der Waals surface area contributed by atoms with Crippen molar-refractivity contribution < 1.29 is 9.09 Å². The summed E-state index contributed by atoms with van der Waals surface area (Å²) in [5.41, 5.74) is 0. The predicted octanol–water partition coefficient (Wildman–Crippen LogP) is 3.08. The summed E-state index contributed by atoms with van der Waals surface area (Å²) in [6, 6.07) is 0. The molecule has 0 rings (SSSR count). The maximum Gasteiger partial charge on any atom is 0.191 e. The van der Waals surface area contributed by atoms with E-state index in [1.807, 2.05) is 13.8 Å². The quantitative estimate of drug-likeness (QED) is 0.584. The van der Waals surface area contributed by atoms with Crippen molar-refractivity contribution >= 4 is 8.03 Å². The highest BCUT2D eigenvalue weighted by Gasteiger charge is 2.04. The van der Waals surface area contributed by atoms with E-state index in [4.69, 9.17) is 4.52 Å². The molecule has 3 heteroatoms. The normalized spacial score (nSPS) is 16.3. The zero-order valence-corrected chi connectivity index (χ0v) is 8.72. The predicted molar refractivity (Wildman–Crippen MR) is 49.6 cm³/mol. The maximum atomic E-state index is 10.9. The van der Waals surface area contributed by atoms with Gasteiger partial charge < -0.3 is 4.52 Å². The van der Waals surface area contributed by atoms with Crippen LogP contribution >= 0.6 is 8.03 Å². The van der Waals surface area contributed by atoms with Gasteiger partial charge in [0.1, 0.15) is 0 Å². The summed E-state index contributed by atoms with van der Waals surface area (Å²) in [7, 11) is -1.71. The van der Waals surface area contributed by atoms with E-state index in [1.54, 1.807) is 0 Å². The zero-order chi connectivity index (χ0) is 8.69. The fourth-order valence-corrected chi connectivity index (χ4v) is 1.59. The smallest absolute Gasteiger partial charge is 0.191 e. The molecular formula is C8H19O2P. The molecule has 0 heterocycles. The molecule has 0 saturated heterocycles. The highest BCUT2D eigenvalue weighted by Crippen LogP contribution is 2.25. The van der Waals surface area contributed by atoms with E-state index in [9.17, 15) is 4.57 Å². The summed E-state index contributed by atoms with van der Waals surface area (Å²) < 4.78 is 16.2. The van der Waals surface area contributed by atoms with Gasteiger partial charge in [0.25, 0.3) is 0 Å². The molecule has 0 aliphatic carbocycles. The first-order chi connectivity index (χ1) is 5.20. The third-order valence-electron chi connectivity index (χ3n) is 1.59. The summed E-state index contributed by atoms with van der Waals surface area (Å²) >= 11 is 0. The molecule has 0 aromatic rings. The van der Waals surface area contributed by atoms with Crippen LogP contribution in [-0.4, -0.2) is 12.3 Å². The van der Waals surface area contributed by atoms with Crippen LogP contribution in [0.2, 0.25) is 0 Å². The second-order valence-corrected chi connectivity index (χ2v) is 4.48. The van der Waals surface area contributed by atoms with Crippen molar-refractivity contribution in [1.29, 1.82) is 0 Å². The lowest BCUT2D eigenvalue weighted by molar-refractivity contribution is 0.220. The van der Waals surface area contributed by atoms with Crippen LogP contribution in [0.3, 0.4) is 0 Å². The summed E-state index contributed by atoms with van der Waals surface area (Å²) in [5.74, 6) is 0. The van der Waals surface area contributed by atoms with Crippen LogP contribution in [0.1, 0.15) is 40.0 Å². The molecule has 2 nitrogen and oxygen atoms in total. The molecule has 0 aliphatic heterocycles. The summed E-state index contributed by atoms with van der Waals surface area (Å²) in [6.45, 7) is 6.04. The first kappa shape index (κ1) is 11.2. The first-order valence-electron chi connectivity index (χ1n) is 4.40. The number of hydrogen-bond donors (Lipinski definition) is 0. The molecule has 2 unspecified atom stereocenters. The Kier molecular flexibility index (Phi) is 6.99. The average molecular weight is 178 g/mol. The molecule has 2 atom stereocenters.